The smallest absolute Gasteiger partial charge is 0.227 e. The molecule has 0 spiro atoms. The van der Waals surface area contributed by atoms with E-state index in [-0.39, 0.29) is 11.7 Å². The van der Waals surface area contributed by atoms with Crippen LogP contribution >= 0.6 is 11.8 Å². The van der Waals surface area contributed by atoms with Gasteiger partial charge in [-0.15, -0.1) is 11.8 Å². The van der Waals surface area contributed by atoms with Crippen LogP contribution in [0.2, 0.25) is 0 Å². The maximum absolute atomic E-state index is 10.9. The third kappa shape index (κ3) is 3.40. The predicted octanol–water partition coefficient (Wildman–Crippen LogP) is 3.02. The van der Waals surface area contributed by atoms with E-state index in [0.717, 1.165) is 21.7 Å². The summed E-state index contributed by atoms with van der Waals surface area (Å²) in [4.78, 5) is 16.3. The van der Waals surface area contributed by atoms with Crippen molar-refractivity contribution in [3.8, 4) is 0 Å². The quantitative estimate of drug-likeness (QED) is 0.684. The molecule has 1 aromatic heterocycles. The van der Waals surface area contributed by atoms with Gasteiger partial charge in [-0.25, -0.2) is 4.98 Å². The Hall–Kier alpha value is -2.47. The van der Waals surface area contributed by atoms with Crippen LogP contribution in [0.15, 0.2) is 57.8 Å². The summed E-state index contributed by atoms with van der Waals surface area (Å²) < 4.78 is 5.67. The van der Waals surface area contributed by atoms with Crippen molar-refractivity contribution in [2.24, 2.45) is 5.73 Å². The maximum atomic E-state index is 10.9. The van der Waals surface area contributed by atoms with Gasteiger partial charge in [-0.3, -0.25) is 4.79 Å². The number of carbonyl (C=O) groups excluding carboxylic acids is 1. The van der Waals surface area contributed by atoms with E-state index in [2.05, 4.69) is 10.3 Å². The molecule has 0 unspecified atom stereocenters. The Labute approximate surface area is 131 Å². The molecule has 0 aliphatic rings. The zero-order chi connectivity index (χ0) is 15.4. The van der Waals surface area contributed by atoms with Gasteiger partial charge in [-0.05, 0) is 24.3 Å². The van der Waals surface area contributed by atoms with Gasteiger partial charge in [-0.2, -0.15) is 0 Å². The Balaban J connectivity index is 1.71. The number of nitrogens with one attached hydrogen (secondary N) is 1. The molecular formula is C16H15N3O2S. The van der Waals surface area contributed by atoms with Crippen molar-refractivity contribution in [1.82, 2.24) is 4.98 Å². The predicted molar refractivity (Wildman–Crippen MR) is 87.7 cm³/mol. The number of rotatable bonds is 6. The maximum Gasteiger partial charge on any atom is 0.227 e. The third-order valence-electron chi connectivity index (χ3n) is 3.03. The van der Waals surface area contributed by atoms with Gasteiger partial charge in [-0.1, -0.05) is 24.3 Å². The average Bonchev–Trinajstić information content (AvgIpc) is 2.94. The summed E-state index contributed by atoms with van der Waals surface area (Å²) in [7, 11) is 0. The summed E-state index contributed by atoms with van der Waals surface area (Å²) in [6, 6.07) is 15.4. The second kappa shape index (κ2) is 6.53. The highest BCUT2D eigenvalue weighted by Crippen LogP contribution is 2.27. The molecule has 0 fully saturated rings. The number of primary amides is 1. The standard InChI is InChI=1S/C16H15N3O2S/c17-15(20)10-22-14-8-4-2-6-12(14)18-9-16-19-11-5-1-3-7-13(11)21-16/h1-8,18H,9-10H2,(H2,17,20). The summed E-state index contributed by atoms with van der Waals surface area (Å²) in [5.74, 6) is 0.538. The van der Waals surface area contributed by atoms with E-state index in [1.165, 1.54) is 11.8 Å². The Morgan fingerprint density at radius 3 is 2.77 bits per heavy atom. The van der Waals surface area contributed by atoms with Crippen LogP contribution in [0.1, 0.15) is 5.89 Å². The summed E-state index contributed by atoms with van der Waals surface area (Å²) in [5.41, 5.74) is 7.74. The first-order chi connectivity index (χ1) is 10.7. The van der Waals surface area contributed by atoms with Crippen LogP contribution in [0, 0.1) is 0 Å². The molecule has 0 radical (unpaired) electrons. The van der Waals surface area contributed by atoms with Crippen LogP contribution in [-0.2, 0) is 11.3 Å². The van der Waals surface area contributed by atoms with Crippen LogP contribution < -0.4 is 11.1 Å². The number of oxazole rings is 1. The van der Waals surface area contributed by atoms with Gasteiger partial charge < -0.3 is 15.5 Å². The number of carbonyl (C=O) groups is 1. The van der Waals surface area contributed by atoms with Crippen LogP contribution in [0.5, 0.6) is 0 Å². The van der Waals surface area contributed by atoms with Gasteiger partial charge in [0.25, 0.3) is 0 Å². The molecule has 0 atom stereocenters. The van der Waals surface area contributed by atoms with E-state index in [1.54, 1.807) is 0 Å². The Morgan fingerprint density at radius 2 is 1.95 bits per heavy atom. The lowest BCUT2D eigenvalue weighted by atomic mass is 10.3. The SMILES string of the molecule is NC(=O)CSc1ccccc1NCc1nc2ccccc2o1. The third-order valence-corrected chi connectivity index (χ3v) is 4.12. The fourth-order valence-corrected chi connectivity index (χ4v) is 2.82. The Morgan fingerprint density at radius 1 is 1.18 bits per heavy atom. The molecule has 0 aliphatic carbocycles. The minimum absolute atomic E-state index is 0.252. The Bertz CT molecular complexity index is 768. The summed E-state index contributed by atoms with van der Waals surface area (Å²) >= 11 is 1.41. The van der Waals surface area contributed by atoms with E-state index < -0.39 is 0 Å². The van der Waals surface area contributed by atoms with Crippen molar-refractivity contribution in [2.45, 2.75) is 11.4 Å². The number of aromatic nitrogens is 1. The van der Waals surface area contributed by atoms with Gasteiger partial charge in [0.1, 0.15) is 5.52 Å². The highest BCUT2D eigenvalue weighted by molar-refractivity contribution is 8.00. The van der Waals surface area contributed by atoms with Crippen LogP contribution in [-0.4, -0.2) is 16.6 Å². The molecule has 5 nitrogen and oxygen atoms in total. The molecule has 0 aliphatic heterocycles. The average molecular weight is 313 g/mol. The van der Waals surface area contributed by atoms with Crippen molar-refractivity contribution < 1.29 is 9.21 Å². The normalized spacial score (nSPS) is 10.7. The van der Waals surface area contributed by atoms with Crippen LogP contribution in [0.4, 0.5) is 5.69 Å². The number of amides is 1. The van der Waals surface area contributed by atoms with E-state index in [9.17, 15) is 4.79 Å². The van der Waals surface area contributed by atoms with Crippen molar-refractivity contribution in [1.29, 1.82) is 0 Å². The first kappa shape index (κ1) is 14.5. The lowest BCUT2D eigenvalue weighted by Crippen LogP contribution is -2.13. The molecule has 112 valence electrons. The monoisotopic (exact) mass is 313 g/mol. The highest BCUT2D eigenvalue weighted by atomic mass is 32.2. The van der Waals surface area contributed by atoms with Gasteiger partial charge in [0.2, 0.25) is 11.8 Å². The first-order valence-electron chi connectivity index (χ1n) is 6.81. The van der Waals surface area contributed by atoms with Gasteiger partial charge in [0.15, 0.2) is 5.58 Å². The number of nitrogens with zero attached hydrogens (tertiary/aromatic N) is 1. The van der Waals surface area contributed by atoms with E-state index in [0.29, 0.717) is 12.4 Å². The van der Waals surface area contributed by atoms with Gasteiger partial charge >= 0.3 is 0 Å². The van der Waals surface area contributed by atoms with Crippen LogP contribution in [0.25, 0.3) is 11.1 Å². The fraction of sp³-hybridized carbons (Fsp3) is 0.125. The molecule has 0 saturated carbocycles. The fourth-order valence-electron chi connectivity index (χ4n) is 2.05. The number of benzene rings is 2. The lowest BCUT2D eigenvalue weighted by Gasteiger charge is -2.09. The van der Waals surface area contributed by atoms with E-state index >= 15 is 0 Å². The van der Waals surface area contributed by atoms with Gasteiger partial charge in [0, 0.05) is 10.6 Å². The van der Waals surface area contributed by atoms with Crippen molar-refractivity contribution >= 4 is 34.5 Å². The molecule has 0 saturated heterocycles. The first-order valence-corrected chi connectivity index (χ1v) is 7.79. The molecule has 3 rings (SSSR count). The second-order valence-electron chi connectivity index (χ2n) is 4.68. The largest absolute Gasteiger partial charge is 0.439 e. The summed E-state index contributed by atoms with van der Waals surface area (Å²) in [6.45, 7) is 0.475. The number of anilines is 1. The van der Waals surface area contributed by atoms with Gasteiger partial charge in [0.05, 0.1) is 12.3 Å². The molecule has 2 aromatic carbocycles. The van der Waals surface area contributed by atoms with Crippen molar-refractivity contribution in [3.63, 3.8) is 0 Å². The van der Waals surface area contributed by atoms with Crippen LogP contribution in [0.3, 0.4) is 0 Å². The topological polar surface area (TPSA) is 81.2 Å². The molecule has 3 aromatic rings. The Kier molecular flexibility index (Phi) is 4.29. The summed E-state index contributed by atoms with van der Waals surface area (Å²) in [6.07, 6.45) is 0. The van der Waals surface area contributed by atoms with E-state index in [1.807, 2.05) is 48.5 Å². The zero-order valence-corrected chi connectivity index (χ0v) is 12.6. The van der Waals surface area contributed by atoms with Crippen molar-refractivity contribution in [3.05, 3.63) is 54.4 Å². The molecular weight excluding hydrogens is 298 g/mol. The molecule has 6 heteroatoms. The second-order valence-corrected chi connectivity index (χ2v) is 5.70. The minimum Gasteiger partial charge on any atom is -0.439 e. The number of para-hydroxylation sites is 3. The molecule has 3 N–H and O–H groups in total. The lowest BCUT2D eigenvalue weighted by molar-refractivity contribution is -0.115. The highest BCUT2D eigenvalue weighted by Gasteiger charge is 2.07. The molecule has 1 heterocycles. The zero-order valence-electron chi connectivity index (χ0n) is 11.8. The number of nitrogens with two attached hydrogens (primary N) is 1. The van der Waals surface area contributed by atoms with E-state index in [4.69, 9.17) is 10.2 Å². The molecule has 1 amide bonds. The number of hydrogen-bond acceptors (Lipinski definition) is 5. The number of thioether (sulfide) groups is 1. The minimum atomic E-state index is -0.334. The number of hydrogen-bond donors (Lipinski definition) is 2. The molecule has 0 bridgehead atoms. The number of fused-ring (bicyclic) bond motifs is 1. The van der Waals surface area contributed by atoms with Crippen molar-refractivity contribution in [2.75, 3.05) is 11.1 Å². The molecule has 22 heavy (non-hydrogen) atoms. The summed E-state index contributed by atoms with van der Waals surface area (Å²) in [5, 5.41) is 3.29.